The lowest BCUT2D eigenvalue weighted by Crippen LogP contribution is -2.41. The molecule has 0 saturated carbocycles. The fourth-order valence-corrected chi connectivity index (χ4v) is 3.54. The lowest BCUT2D eigenvalue weighted by molar-refractivity contribution is 0.297. The molecule has 148 valence electrons. The van der Waals surface area contributed by atoms with E-state index in [1.54, 1.807) is 23.5 Å². The maximum Gasteiger partial charge on any atom is 0.191 e. The number of hydrogen-bond acceptors (Lipinski definition) is 4. The molecule has 0 bridgehead atoms. The molecule has 2 rings (SSSR count). The van der Waals surface area contributed by atoms with Crippen molar-refractivity contribution in [1.29, 1.82) is 0 Å². The Hall–Kier alpha value is -1.99. The number of rotatable bonds is 8. The SMILES string of the molecule is CCNC(=NCc1nc(C(C)C)cs1)NCC(c1cccc(F)c1)N(C)C. The maximum atomic E-state index is 13.6. The average Bonchev–Trinajstić information content (AvgIpc) is 3.09. The van der Waals surface area contributed by atoms with Gasteiger partial charge in [0.05, 0.1) is 18.3 Å². The highest BCUT2D eigenvalue weighted by Gasteiger charge is 2.15. The van der Waals surface area contributed by atoms with Crippen molar-refractivity contribution in [1.82, 2.24) is 20.5 Å². The number of aliphatic imine (C=N–C) groups is 1. The van der Waals surface area contributed by atoms with Crippen LogP contribution in [0, 0.1) is 5.82 Å². The molecule has 1 aromatic heterocycles. The number of thiazole rings is 1. The van der Waals surface area contributed by atoms with E-state index in [1.165, 1.54) is 6.07 Å². The van der Waals surface area contributed by atoms with Gasteiger partial charge in [0.15, 0.2) is 5.96 Å². The molecule has 2 aromatic rings. The summed E-state index contributed by atoms with van der Waals surface area (Å²) in [5.74, 6) is 0.948. The van der Waals surface area contributed by atoms with Crippen molar-refractivity contribution in [2.45, 2.75) is 39.3 Å². The number of nitrogens with zero attached hydrogens (tertiary/aromatic N) is 3. The first-order valence-corrected chi connectivity index (χ1v) is 10.2. The monoisotopic (exact) mass is 391 g/mol. The predicted molar refractivity (Wildman–Crippen MR) is 112 cm³/mol. The molecule has 0 spiro atoms. The Morgan fingerprint density at radius 1 is 1.30 bits per heavy atom. The summed E-state index contributed by atoms with van der Waals surface area (Å²) < 4.78 is 13.6. The maximum absolute atomic E-state index is 13.6. The molecule has 1 atom stereocenters. The molecule has 1 aromatic carbocycles. The van der Waals surface area contributed by atoms with Crippen LogP contribution in [-0.2, 0) is 6.54 Å². The van der Waals surface area contributed by atoms with Gasteiger partial charge in [-0.3, -0.25) is 0 Å². The molecule has 0 fully saturated rings. The molecule has 0 aliphatic rings. The van der Waals surface area contributed by atoms with Crippen LogP contribution in [0.15, 0.2) is 34.6 Å². The van der Waals surface area contributed by atoms with E-state index in [0.29, 0.717) is 19.0 Å². The van der Waals surface area contributed by atoms with Crippen LogP contribution in [0.4, 0.5) is 4.39 Å². The Morgan fingerprint density at radius 2 is 2.07 bits per heavy atom. The third-order valence-electron chi connectivity index (χ3n) is 4.20. The molecular formula is C20H30FN5S. The summed E-state index contributed by atoms with van der Waals surface area (Å²) in [7, 11) is 3.98. The molecule has 1 unspecified atom stereocenters. The largest absolute Gasteiger partial charge is 0.357 e. The highest BCUT2D eigenvalue weighted by molar-refractivity contribution is 7.09. The normalized spacial score (nSPS) is 13.3. The van der Waals surface area contributed by atoms with Crippen LogP contribution in [0.1, 0.15) is 49.0 Å². The van der Waals surface area contributed by atoms with Crippen molar-refractivity contribution in [2.24, 2.45) is 4.99 Å². The first-order valence-electron chi connectivity index (χ1n) is 9.29. The first-order chi connectivity index (χ1) is 12.9. The van der Waals surface area contributed by atoms with E-state index in [2.05, 4.69) is 44.7 Å². The number of hydrogen-bond donors (Lipinski definition) is 2. The number of likely N-dealkylation sites (N-methyl/N-ethyl adjacent to an activating group) is 1. The van der Waals surface area contributed by atoms with Gasteiger partial charge >= 0.3 is 0 Å². The van der Waals surface area contributed by atoms with Crippen LogP contribution < -0.4 is 10.6 Å². The zero-order valence-corrected chi connectivity index (χ0v) is 17.6. The Labute approximate surface area is 165 Å². The van der Waals surface area contributed by atoms with Crippen molar-refractivity contribution in [3.8, 4) is 0 Å². The lowest BCUT2D eigenvalue weighted by Gasteiger charge is -2.26. The fourth-order valence-electron chi connectivity index (χ4n) is 2.66. The molecule has 2 N–H and O–H groups in total. The van der Waals surface area contributed by atoms with Gasteiger partial charge in [-0.05, 0) is 44.6 Å². The molecule has 0 saturated heterocycles. The van der Waals surface area contributed by atoms with E-state index in [9.17, 15) is 4.39 Å². The van der Waals surface area contributed by atoms with Gasteiger partial charge in [-0.2, -0.15) is 0 Å². The minimum absolute atomic E-state index is 0.0389. The Bertz CT molecular complexity index is 741. The summed E-state index contributed by atoms with van der Waals surface area (Å²) >= 11 is 1.64. The number of aromatic nitrogens is 1. The fraction of sp³-hybridized carbons (Fsp3) is 0.500. The molecule has 5 nitrogen and oxygen atoms in total. The zero-order chi connectivity index (χ0) is 19.8. The molecule has 7 heteroatoms. The van der Waals surface area contributed by atoms with E-state index < -0.39 is 0 Å². The van der Waals surface area contributed by atoms with Gasteiger partial charge in [0.2, 0.25) is 0 Å². The van der Waals surface area contributed by atoms with Gasteiger partial charge in [0, 0.05) is 18.5 Å². The van der Waals surface area contributed by atoms with Gasteiger partial charge in [-0.15, -0.1) is 11.3 Å². The van der Waals surface area contributed by atoms with E-state index >= 15 is 0 Å². The Morgan fingerprint density at radius 3 is 2.67 bits per heavy atom. The predicted octanol–water partition coefficient (Wildman–Crippen LogP) is 3.76. The van der Waals surface area contributed by atoms with Crippen molar-refractivity contribution in [2.75, 3.05) is 27.2 Å². The number of nitrogens with one attached hydrogen (secondary N) is 2. The second kappa shape index (κ2) is 10.4. The van der Waals surface area contributed by atoms with Crippen LogP contribution in [0.3, 0.4) is 0 Å². The average molecular weight is 392 g/mol. The van der Waals surface area contributed by atoms with Crippen LogP contribution in [-0.4, -0.2) is 43.0 Å². The summed E-state index contributed by atoms with van der Waals surface area (Å²) in [5, 5.41) is 9.74. The summed E-state index contributed by atoms with van der Waals surface area (Å²) in [5.41, 5.74) is 2.05. The van der Waals surface area contributed by atoms with E-state index in [1.807, 2.05) is 27.1 Å². The zero-order valence-electron chi connectivity index (χ0n) is 16.8. The minimum atomic E-state index is -0.218. The lowest BCUT2D eigenvalue weighted by atomic mass is 10.1. The van der Waals surface area contributed by atoms with Gasteiger partial charge < -0.3 is 15.5 Å². The third-order valence-corrected chi connectivity index (χ3v) is 5.05. The van der Waals surface area contributed by atoms with Crippen LogP contribution in [0.25, 0.3) is 0 Å². The van der Waals surface area contributed by atoms with Crippen LogP contribution in [0.2, 0.25) is 0 Å². The van der Waals surface area contributed by atoms with E-state index in [-0.39, 0.29) is 11.9 Å². The van der Waals surface area contributed by atoms with E-state index in [4.69, 9.17) is 0 Å². The van der Waals surface area contributed by atoms with Crippen LogP contribution >= 0.6 is 11.3 Å². The summed E-state index contributed by atoms with van der Waals surface area (Å²) in [6, 6.07) is 6.78. The quantitative estimate of drug-likeness (QED) is 0.531. The molecule has 27 heavy (non-hydrogen) atoms. The highest BCUT2D eigenvalue weighted by Crippen LogP contribution is 2.19. The standard InChI is InChI=1S/C20H30FN5S/c1-6-22-20(24-12-19-25-17(13-27-19)14(2)3)23-11-18(26(4)5)15-8-7-9-16(21)10-15/h7-10,13-14,18H,6,11-12H2,1-5H3,(H2,22,23,24). The first kappa shape index (κ1) is 21.3. The minimum Gasteiger partial charge on any atom is -0.357 e. The summed E-state index contributed by atoms with van der Waals surface area (Å²) in [6.45, 7) is 8.25. The van der Waals surface area contributed by atoms with Crippen LogP contribution in [0.5, 0.6) is 0 Å². The molecule has 1 heterocycles. The van der Waals surface area contributed by atoms with Crippen molar-refractivity contribution in [3.05, 3.63) is 51.7 Å². The third kappa shape index (κ3) is 6.59. The van der Waals surface area contributed by atoms with Gasteiger partial charge in [-0.1, -0.05) is 26.0 Å². The van der Waals surface area contributed by atoms with Crippen molar-refractivity contribution < 1.29 is 4.39 Å². The number of halogens is 1. The molecular weight excluding hydrogens is 361 g/mol. The highest BCUT2D eigenvalue weighted by atomic mass is 32.1. The van der Waals surface area contributed by atoms with Crippen molar-refractivity contribution >= 4 is 17.3 Å². The molecule has 0 aliphatic heterocycles. The molecule has 0 amide bonds. The second-order valence-corrected chi connectivity index (χ2v) is 7.87. The number of benzene rings is 1. The summed E-state index contributed by atoms with van der Waals surface area (Å²) in [6.07, 6.45) is 0. The smallest absolute Gasteiger partial charge is 0.191 e. The Balaban J connectivity index is 2.04. The molecule has 0 radical (unpaired) electrons. The topological polar surface area (TPSA) is 52.6 Å². The molecule has 0 aliphatic carbocycles. The second-order valence-electron chi connectivity index (χ2n) is 6.93. The number of guanidine groups is 1. The van der Waals surface area contributed by atoms with Gasteiger partial charge in [0.25, 0.3) is 0 Å². The van der Waals surface area contributed by atoms with Gasteiger partial charge in [-0.25, -0.2) is 14.4 Å². The Kier molecular flexibility index (Phi) is 8.19. The van der Waals surface area contributed by atoms with Gasteiger partial charge in [0.1, 0.15) is 10.8 Å². The van der Waals surface area contributed by atoms with E-state index in [0.717, 1.165) is 28.8 Å². The summed E-state index contributed by atoms with van der Waals surface area (Å²) in [4.78, 5) is 11.3. The van der Waals surface area contributed by atoms with Crippen molar-refractivity contribution in [3.63, 3.8) is 0 Å².